The molecular weight excluding hydrogens is 526 g/mol. The third-order valence-corrected chi connectivity index (χ3v) is 7.65. The Morgan fingerprint density at radius 1 is 0.861 bits per heavy atom. The molecule has 36 heavy (non-hydrogen) atoms. The van der Waals surface area contributed by atoms with Crippen LogP contribution in [-0.4, -0.2) is 35.6 Å². The second kappa shape index (κ2) is 8.21. The molecule has 0 radical (unpaired) electrons. The molecule has 3 aliphatic rings. The molecule has 2 saturated heterocycles. The summed E-state index contributed by atoms with van der Waals surface area (Å²) in [6, 6.07) is 20.1. The third kappa shape index (κ3) is 3.01. The minimum Gasteiger partial charge on any atom is -0.494 e. The first kappa shape index (κ1) is 22.8. The van der Waals surface area contributed by atoms with Crippen LogP contribution in [0.25, 0.3) is 0 Å². The number of carbonyl (C=O) groups is 4. The molecule has 2 amide bonds. The van der Waals surface area contributed by atoms with E-state index in [4.69, 9.17) is 9.47 Å². The Hall–Kier alpha value is -3.62. The number of hydrogen-bond donors (Lipinski definition) is 0. The van der Waals surface area contributed by atoms with Crippen molar-refractivity contribution in [2.45, 2.75) is 18.6 Å². The van der Waals surface area contributed by atoms with Gasteiger partial charge in [0, 0.05) is 15.6 Å². The maximum absolute atomic E-state index is 13.9. The van der Waals surface area contributed by atoms with E-state index in [-0.39, 0.29) is 11.1 Å². The lowest BCUT2D eigenvalue weighted by Gasteiger charge is -2.27. The number of imide groups is 1. The summed E-state index contributed by atoms with van der Waals surface area (Å²) in [6.07, 6.45) is -0.950. The average molecular weight is 546 g/mol. The summed E-state index contributed by atoms with van der Waals surface area (Å²) in [5, 5.41) is 0. The van der Waals surface area contributed by atoms with Crippen molar-refractivity contribution in [3.8, 4) is 5.75 Å². The Morgan fingerprint density at radius 2 is 1.47 bits per heavy atom. The lowest BCUT2D eigenvalue weighted by molar-refractivity contribution is -0.127. The van der Waals surface area contributed by atoms with E-state index in [2.05, 4.69) is 15.9 Å². The maximum Gasteiger partial charge on any atom is 0.241 e. The van der Waals surface area contributed by atoms with Crippen LogP contribution in [-0.2, 0) is 14.3 Å². The molecule has 2 fully saturated rings. The number of halogens is 1. The number of fused-ring (bicyclic) bond motifs is 3. The molecule has 0 saturated carbocycles. The fourth-order valence-electron chi connectivity index (χ4n) is 5.58. The Bertz CT molecular complexity index is 1400. The van der Waals surface area contributed by atoms with Gasteiger partial charge in [-0.3, -0.25) is 19.2 Å². The molecule has 8 heteroatoms. The number of ketones is 2. The largest absolute Gasteiger partial charge is 0.494 e. The monoisotopic (exact) mass is 545 g/mol. The summed E-state index contributed by atoms with van der Waals surface area (Å²) in [7, 11) is 0. The van der Waals surface area contributed by atoms with Crippen molar-refractivity contribution < 1.29 is 28.7 Å². The normalized spacial score (nSPS) is 23.9. The molecule has 2 heterocycles. The van der Waals surface area contributed by atoms with Crippen LogP contribution >= 0.6 is 15.9 Å². The number of hydrogen-bond acceptors (Lipinski definition) is 6. The zero-order valence-corrected chi connectivity index (χ0v) is 20.7. The molecule has 7 nitrogen and oxygen atoms in total. The predicted octanol–water partition coefficient (Wildman–Crippen LogP) is 4.54. The number of anilines is 1. The van der Waals surface area contributed by atoms with Gasteiger partial charge in [-0.15, -0.1) is 0 Å². The van der Waals surface area contributed by atoms with Gasteiger partial charge < -0.3 is 9.47 Å². The number of rotatable bonds is 4. The van der Waals surface area contributed by atoms with Crippen LogP contribution in [0.5, 0.6) is 5.75 Å². The molecule has 1 spiro atoms. The molecule has 3 aromatic rings. The van der Waals surface area contributed by atoms with E-state index in [1.807, 2.05) is 6.92 Å². The fraction of sp³-hybridized carbons (Fsp3) is 0.214. The molecule has 3 atom stereocenters. The smallest absolute Gasteiger partial charge is 0.241 e. The van der Waals surface area contributed by atoms with Gasteiger partial charge in [-0.25, -0.2) is 4.90 Å². The van der Waals surface area contributed by atoms with Crippen LogP contribution < -0.4 is 9.64 Å². The Labute approximate surface area is 215 Å². The van der Waals surface area contributed by atoms with E-state index in [0.29, 0.717) is 23.6 Å². The van der Waals surface area contributed by atoms with Gasteiger partial charge in [0.15, 0.2) is 0 Å². The van der Waals surface area contributed by atoms with Crippen LogP contribution in [0, 0.1) is 11.8 Å². The summed E-state index contributed by atoms with van der Waals surface area (Å²) in [4.78, 5) is 56.4. The van der Waals surface area contributed by atoms with Crippen molar-refractivity contribution in [1.82, 2.24) is 0 Å². The Morgan fingerprint density at radius 3 is 2.06 bits per heavy atom. The Kier molecular flexibility index (Phi) is 5.21. The van der Waals surface area contributed by atoms with Crippen molar-refractivity contribution in [1.29, 1.82) is 0 Å². The van der Waals surface area contributed by atoms with Crippen LogP contribution in [0.1, 0.15) is 39.3 Å². The first-order valence-corrected chi connectivity index (χ1v) is 12.4. The molecule has 0 aromatic heterocycles. The second-order valence-corrected chi connectivity index (χ2v) is 9.89. The minimum atomic E-state index is -2.08. The zero-order chi connectivity index (χ0) is 25.2. The molecule has 180 valence electrons. The molecule has 0 bridgehead atoms. The molecule has 3 unspecified atom stereocenters. The SMILES string of the molecule is CCOc1ccc(N2C(=O)C3C(c4ccc(Br)cc4)OC4(C(=O)c5ccccc5C4=O)C3C2=O)cc1. The van der Waals surface area contributed by atoms with E-state index in [1.165, 1.54) is 0 Å². The van der Waals surface area contributed by atoms with Gasteiger partial charge in [0.2, 0.25) is 29.0 Å². The fourth-order valence-corrected chi connectivity index (χ4v) is 5.85. The van der Waals surface area contributed by atoms with Crippen LogP contribution in [0.3, 0.4) is 0 Å². The third-order valence-electron chi connectivity index (χ3n) is 7.12. The number of Topliss-reactive ketones (excluding diaryl/α,β-unsaturated/α-hetero) is 2. The summed E-state index contributed by atoms with van der Waals surface area (Å²) in [5.41, 5.74) is -0.715. The van der Waals surface area contributed by atoms with E-state index in [9.17, 15) is 19.2 Å². The lowest BCUT2D eigenvalue weighted by Crippen LogP contribution is -2.51. The van der Waals surface area contributed by atoms with Crippen molar-refractivity contribution in [3.05, 3.63) is 94.0 Å². The van der Waals surface area contributed by atoms with Crippen molar-refractivity contribution in [3.63, 3.8) is 0 Å². The summed E-state index contributed by atoms with van der Waals surface area (Å²) in [5.74, 6) is -3.99. The van der Waals surface area contributed by atoms with Crippen molar-refractivity contribution in [2.24, 2.45) is 11.8 Å². The van der Waals surface area contributed by atoms with Gasteiger partial charge in [-0.1, -0.05) is 52.3 Å². The van der Waals surface area contributed by atoms with Gasteiger partial charge >= 0.3 is 0 Å². The van der Waals surface area contributed by atoms with E-state index in [0.717, 1.165) is 9.37 Å². The first-order chi connectivity index (χ1) is 17.4. The van der Waals surface area contributed by atoms with E-state index < -0.39 is 46.9 Å². The topological polar surface area (TPSA) is 90.0 Å². The molecule has 0 N–H and O–H groups in total. The van der Waals surface area contributed by atoms with Crippen molar-refractivity contribution >= 4 is 45.0 Å². The quantitative estimate of drug-likeness (QED) is 0.353. The number of benzene rings is 3. The van der Waals surface area contributed by atoms with Gasteiger partial charge in [-0.05, 0) is 48.9 Å². The van der Waals surface area contributed by atoms with Gasteiger partial charge in [0.25, 0.3) is 0 Å². The highest BCUT2D eigenvalue weighted by atomic mass is 79.9. The van der Waals surface area contributed by atoms with Crippen LogP contribution in [0.4, 0.5) is 5.69 Å². The number of nitrogens with zero attached hydrogens (tertiary/aromatic N) is 1. The Balaban J connectivity index is 1.49. The highest BCUT2D eigenvalue weighted by molar-refractivity contribution is 9.10. The van der Waals surface area contributed by atoms with Crippen LogP contribution in [0.15, 0.2) is 77.3 Å². The standard InChI is InChI=1S/C28H20BrNO6/c1-2-35-18-13-11-17(12-14-18)30-26(33)21-22(27(30)34)28(36-23(21)15-7-9-16(29)10-8-15)24(31)19-5-3-4-6-20(19)25(28)32/h3-14,21-23H,2H2,1H3. The van der Waals surface area contributed by atoms with E-state index >= 15 is 0 Å². The number of amides is 2. The molecular formula is C28H20BrNO6. The maximum atomic E-state index is 13.9. The summed E-state index contributed by atoms with van der Waals surface area (Å²) in [6.45, 7) is 2.34. The lowest BCUT2D eigenvalue weighted by atomic mass is 9.77. The molecule has 3 aromatic carbocycles. The minimum absolute atomic E-state index is 0.206. The molecule has 2 aliphatic heterocycles. The molecule has 1 aliphatic carbocycles. The first-order valence-electron chi connectivity index (χ1n) is 11.6. The van der Waals surface area contributed by atoms with Gasteiger partial charge in [-0.2, -0.15) is 0 Å². The zero-order valence-electron chi connectivity index (χ0n) is 19.1. The highest BCUT2D eigenvalue weighted by Crippen LogP contribution is 2.57. The summed E-state index contributed by atoms with van der Waals surface area (Å²) >= 11 is 3.40. The molecule has 6 rings (SSSR count). The average Bonchev–Trinajstić information content (AvgIpc) is 3.45. The second-order valence-electron chi connectivity index (χ2n) is 8.97. The van der Waals surface area contributed by atoms with Crippen LogP contribution in [0.2, 0.25) is 0 Å². The van der Waals surface area contributed by atoms with Gasteiger partial charge in [0.05, 0.1) is 30.2 Å². The van der Waals surface area contributed by atoms with Gasteiger partial charge in [0.1, 0.15) is 5.75 Å². The highest BCUT2D eigenvalue weighted by Gasteiger charge is 2.74. The van der Waals surface area contributed by atoms with E-state index in [1.54, 1.807) is 72.8 Å². The number of carbonyl (C=O) groups excluding carboxylic acids is 4. The summed E-state index contributed by atoms with van der Waals surface area (Å²) < 4.78 is 12.6. The predicted molar refractivity (Wildman–Crippen MR) is 133 cm³/mol. The van der Waals surface area contributed by atoms with Crippen molar-refractivity contribution in [2.75, 3.05) is 11.5 Å². The number of ether oxygens (including phenoxy) is 2.